The van der Waals surface area contributed by atoms with Crippen molar-refractivity contribution in [1.82, 2.24) is 25.1 Å². The van der Waals surface area contributed by atoms with Crippen LogP contribution in [-0.2, 0) is 13.6 Å². The summed E-state index contributed by atoms with van der Waals surface area (Å²) in [5.74, 6) is 0.154. The van der Waals surface area contributed by atoms with Crippen molar-refractivity contribution in [3.8, 4) is 0 Å². The monoisotopic (exact) mass is 259 g/mol. The summed E-state index contributed by atoms with van der Waals surface area (Å²) in [5, 5.41) is 7.15. The van der Waals surface area contributed by atoms with Gasteiger partial charge < -0.3 is 5.32 Å². The van der Waals surface area contributed by atoms with Crippen LogP contribution in [0.3, 0.4) is 0 Å². The van der Waals surface area contributed by atoms with Gasteiger partial charge in [0.25, 0.3) is 5.91 Å². The second kappa shape index (κ2) is 5.60. The Morgan fingerprint density at radius 2 is 2.05 bits per heavy atom. The molecule has 0 saturated carbocycles. The number of amides is 1. The first-order chi connectivity index (χ1) is 9.08. The van der Waals surface area contributed by atoms with E-state index in [1.165, 1.54) is 6.33 Å². The van der Waals surface area contributed by atoms with Gasteiger partial charge in [-0.15, -0.1) is 0 Å². The molecule has 0 atom stereocenters. The van der Waals surface area contributed by atoms with Crippen LogP contribution in [0.5, 0.6) is 0 Å². The van der Waals surface area contributed by atoms with Crippen molar-refractivity contribution in [2.24, 2.45) is 7.05 Å². The zero-order valence-electron chi connectivity index (χ0n) is 11.3. The lowest BCUT2D eigenvalue weighted by Gasteiger charge is -2.04. The zero-order valence-corrected chi connectivity index (χ0v) is 11.3. The van der Waals surface area contributed by atoms with E-state index in [1.54, 1.807) is 24.1 Å². The Labute approximate surface area is 111 Å². The third-order valence-electron chi connectivity index (χ3n) is 2.79. The Bertz CT molecular complexity index is 562. The van der Waals surface area contributed by atoms with Crippen molar-refractivity contribution in [2.45, 2.75) is 26.3 Å². The lowest BCUT2D eigenvalue weighted by molar-refractivity contribution is 0.0941. The van der Waals surface area contributed by atoms with Gasteiger partial charge in [0.05, 0.1) is 5.69 Å². The van der Waals surface area contributed by atoms with E-state index in [0.717, 1.165) is 11.3 Å². The molecular formula is C13H17N5O. The average molecular weight is 259 g/mol. The standard InChI is InChI=1S/C13H17N5O/c1-9(2)11-4-12(18(3)17-11)13(19)16-7-10-5-14-8-15-6-10/h4-6,8-9H,7H2,1-3H3,(H,16,19). The van der Waals surface area contributed by atoms with E-state index in [1.807, 2.05) is 19.9 Å². The first-order valence-corrected chi connectivity index (χ1v) is 6.14. The predicted molar refractivity (Wildman–Crippen MR) is 70.5 cm³/mol. The molecule has 0 radical (unpaired) electrons. The molecule has 2 rings (SSSR count). The van der Waals surface area contributed by atoms with Gasteiger partial charge in [-0.25, -0.2) is 9.97 Å². The second-order valence-corrected chi connectivity index (χ2v) is 4.66. The Morgan fingerprint density at radius 1 is 1.37 bits per heavy atom. The SMILES string of the molecule is CC(C)c1cc(C(=O)NCc2cncnc2)n(C)n1. The summed E-state index contributed by atoms with van der Waals surface area (Å²) in [6.45, 7) is 4.50. The quantitative estimate of drug-likeness (QED) is 0.897. The van der Waals surface area contributed by atoms with E-state index >= 15 is 0 Å². The lowest BCUT2D eigenvalue weighted by Crippen LogP contribution is -2.25. The van der Waals surface area contributed by atoms with Gasteiger partial charge in [-0.2, -0.15) is 5.10 Å². The van der Waals surface area contributed by atoms with Crippen LogP contribution in [0.25, 0.3) is 0 Å². The molecule has 6 nitrogen and oxygen atoms in total. The van der Waals surface area contributed by atoms with Crippen LogP contribution in [-0.4, -0.2) is 25.7 Å². The number of aromatic nitrogens is 4. The number of nitrogens with one attached hydrogen (secondary N) is 1. The molecule has 0 aliphatic heterocycles. The summed E-state index contributed by atoms with van der Waals surface area (Å²) < 4.78 is 1.60. The van der Waals surface area contributed by atoms with Crippen molar-refractivity contribution in [3.63, 3.8) is 0 Å². The van der Waals surface area contributed by atoms with Gasteiger partial charge >= 0.3 is 0 Å². The van der Waals surface area contributed by atoms with Gasteiger partial charge in [-0.05, 0) is 12.0 Å². The summed E-state index contributed by atoms with van der Waals surface area (Å²) >= 11 is 0. The molecule has 6 heteroatoms. The number of nitrogens with zero attached hydrogens (tertiary/aromatic N) is 4. The predicted octanol–water partition coefficient (Wildman–Crippen LogP) is 1.26. The molecule has 2 aromatic heterocycles. The highest BCUT2D eigenvalue weighted by molar-refractivity contribution is 5.92. The van der Waals surface area contributed by atoms with E-state index in [9.17, 15) is 4.79 Å². The zero-order chi connectivity index (χ0) is 13.8. The van der Waals surface area contributed by atoms with E-state index in [-0.39, 0.29) is 5.91 Å². The molecule has 0 aromatic carbocycles. The summed E-state index contributed by atoms with van der Waals surface area (Å²) in [4.78, 5) is 19.9. The van der Waals surface area contributed by atoms with Crippen LogP contribution in [0.2, 0.25) is 0 Å². The van der Waals surface area contributed by atoms with Crippen LogP contribution in [0.15, 0.2) is 24.8 Å². The van der Waals surface area contributed by atoms with E-state index in [0.29, 0.717) is 18.2 Å². The van der Waals surface area contributed by atoms with Crippen molar-refractivity contribution < 1.29 is 4.79 Å². The third-order valence-corrected chi connectivity index (χ3v) is 2.79. The first kappa shape index (κ1) is 13.2. The summed E-state index contributed by atoms with van der Waals surface area (Å²) in [7, 11) is 1.77. The van der Waals surface area contributed by atoms with Gasteiger partial charge in [0.1, 0.15) is 12.0 Å². The first-order valence-electron chi connectivity index (χ1n) is 6.14. The van der Waals surface area contributed by atoms with E-state index in [2.05, 4.69) is 20.4 Å². The molecular weight excluding hydrogens is 242 g/mol. The van der Waals surface area contributed by atoms with Crippen LogP contribution in [0.1, 0.15) is 41.5 Å². The Kier molecular flexibility index (Phi) is 3.89. The Hall–Kier alpha value is -2.24. The smallest absolute Gasteiger partial charge is 0.269 e. The number of carbonyl (C=O) groups is 1. The molecule has 19 heavy (non-hydrogen) atoms. The summed E-state index contributed by atoms with van der Waals surface area (Å²) in [6, 6.07) is 1.82. The van der Waals surface area contributed by atoms with Crippen LogP contribution >= 0.6 is 0 Å². The van der Waals surface area contributed by atoms with Gasteiger partial charge in [-0.1, -0.05) is 13.8 Å². The van der Waals surface area contributed by atoms with Gasteiger partial charge in [0.2, 0.25) is 0 Å². The van der Waals surface area contributed by atoms with Gasteiger partial charge in [0.15, 0.2) is 0 Å². The lowest BCUT2D eigenvalue weighted by atomic mass is 10.1. The minimum absolute atomic E-state index is 0.147. The molecule has 1 amide bonds. The number of carbonyl (C=O) groups excluding carboxylic acids is 1. The maximum Gasteiger partial charge on any atom is 0.269 e. The Balaban J connectivity index is 2.04. The fourth-order valence-electron chi connectivity index (χ4n) is 1.68. The molecule has 0 bridgehead atoms. The minimum atomic E-state index is -0.147. The van der Waals surface area contributed by atoms with Gasteiger partial charge in [-0.3, -0.25) is 9.48 Å². The Morgan fingerprint density at radius 3 is 2.63 bits per heavy atom. The second-order valence-electron chi connectivity index (χ2n) is 4.66. The number of aryl methyl sites for hydroxylation is 1. The molecule has 2 heterocycles. The highest BCUT2D eigenvalue weighted by atomic mass is 16.2. The summed E-state index contributed by atoms with van der Waals surface area (Å²) in [6.07, 6.45) is 4.81. The minimum Gasteiger partial charge on any atom is -0.347 e. The molecule has 0 saturated heterocycles. The number of hydrogen-bond acceptors (Lipinski definition) is 4. The molecule has 1 N–H and O–H groups in total. The molecule has 0 unspecified atom stereocenters. The molecule has 0 aliphatic carbocycles. The van der Waals surface area contributed by atoms with Crippen molar-refractivity contribution in [1.29, 1.82) is 0 Å². The molecule has 0 spiro atoms. The third kappa shape index (κ3) is 3.15. The average Bonchev–Trinajstić information content (AvgIpc) is 2.80. The molecule has 2 aromatic rings. The fraction of sp³-hybridized carbons (Fsp3) is 0.385. The molecule has 0 aliphatic rings. The maximum atomic E-state index is 12.1. The number of rotatable bonds is 4. The highest BCUT2D eigenvalue weighted by Crippen LogP contribution is 2.13. The summed E-state index contributed by atoms with van der Waals surface area (Å²) in [5.41, 5.74) is 2.33. The topological polar surface area (TPSA) is 72.7 Å². The molecule has 0 fully saturated rings. The normalized spacial score (nSPS) is 10.7. The van der Waals surface area contributed by atoms with Crippen LogP contribution in [0, 0.1) is 0 Å². The van der Waals surface area contributed by atoms with E-state index in [4.69, 9.17) is 0 Å². The largest absolute Gasteiger partial charge is 0.347 e. The fourth-order valence-corrected chi connectivity index (χ4v) is 1.68. The van der Waals surface area contributed by atoms with Crippen molar-refractivity contribution >= 4 is 5.91 Å². The van der Waals surface area contributed by atoms with Crippen molar-refractivity contribution in [2.75, 3.05) is 0 Å². The van der Waals surface area contributed by atoms with Crippen molar-refractivity contribution in [3.05, 3.63) is 41.7 Å². The maximum absolute atomic E-state index is 12.1. The highest BCUT2D eigenvalue weighted by Gasteiger charge is 2.14. The van der Waals surface area contributed by atoms with Crippen LogP contribution < -0.4 is 5.32 Å². The molecule has 100 valence electrons. The van der Waals surface area contributed by atoms with E-state index < -0.39 is 0 Å². The van der Waals surface area contributed by atoms with Gasteiger partial charge in [0, 0.05) is 31.5 Å². The number of hydrogen-bond donors (Lipinski definition) is 1. The van der Waals surface area contributed by atoms with Crippen LogP contribution in [0.4, 0.5) is 0 Å².